The van der Waals surface area contributed by atoms with Crippen molar-refractivity contribution in [2.24, 2.45) is 0 Å². The van der Waals surface area contributed by atoms with Crippen LogP contribution in [0.3, 0.4) is 0 Å². The van der Waals surface area contributed by atoms with Crippen molar-refractivity contribution in [2.75, 3.05) is 19.0 Å². The number of nitrogens with one attached hydrogen (secondary N) is 1. The molecule has 0 fully saturated rings. The average molecular weight is 346 g/mol. The van der Waals surface area contributed by atoms with Crippen LogP contribution in [0.1, 0.15) is 21.5 Å². The van der Waals surface area contributed by atoms with Gasteiger partial charge in [-0.15, -0.1) is 0 Å². The van der Waals surface area contributed by atoms with Crippen LogP contribution in [-0.2, 0) is 17.7 Å². The first-order chi connectivity index (χ1) is 12.0. The van der Waals surface area contributed by atoms with E-state index in [0.29, 0.717) is 25.2 Å². The van der Waals surface area contributed by atoms with Crippen LogP contribution in [0.4, 0.5) is 19.3 Å². The summed E-state index contributed by atoms with van der Waals surface area (Å²) in [6, 6.07) is 8.45. The van der Waals surface area contributed by atoms with Gasteiger partial charge >= 0.3 is 6.09 Å². The van der Waals surface area contributed by atoms with Gasteiger partial charge in [0.1, 0.15) is 17.2 Å². The molecular formula is C18H16F2N2O3. The van der Waals surface area contributed by atoms with E-state index < -0.39 is 29.2 Å². The van der Waals surface area contributed by atoms with Crippen LogP contribution >= 0.6 is 0 Å². The number of amides is 2. The van der Waals surface area contributed by atoms with Gasteiger partial charge in [-0.1, -0.05) is 12.1 Å². The van der Waals surface area contributed by atoms with Crippen molar-refractivity contribution in [2.45, 2.75) is 13.0 Å². The molecule has 2 aromatic carbocycles. The number of hydrogen-bond acceptors (Lipinski definition) is 3. The summed E-state index contributed by atoms with van der Waals surface area (Å²) < 4.78 is 32.1. The van der Waals surface area contributed by atoms with Crippen LogP contribution in [0.15, 0.2) is 36.4 Å². The van der Waals surface area contributed by atoms with E-state index in [9.17, 15) is 18.4 Å². The SMILES string of the molecule is COC(=O)N1CCc2ccc(NC(=O)c3c(F)cccc3F)cc2C1. The number of fused-ring (bicyclic) bond motifs is 1. The lowest BCUT2D eigenvalue weighted by Gasteiger charge is -2.28. The Labute approximate surface area is 143 Å². The van der Waals surface area contributed by atoms with Crippen LogP contribution in [-0.4, -0.2) is 30.6 Å². The highest BCUT2D eigenvalue weighted by Crippen LogP contribution is 2.24. The molecule has 0 spiro atoms. The van der Waals surface area contributed by atoms with E-state index in [1.54, 1.807) is 17.0 Å². The summed E-state index contributed by atoms with van der Waals surface area (Å²) in [5.41, 5.74) is 1.67. The molecule has 0 unspecified atom stereocenters. The Balaban J connectivity index is 1.81. The fourth-order valence-electron chi connectivity index (χ4n) is 2.83. The highest BCUT2D eigenvalue weighted by molar-refractivity contribution is 6.04. The van der Waals surface area contributed by atoms with Crippen molar-refractivity contribution < 1.29 is 23.1 Å². The monoisotopic (exact) mass is 346 g/mol. The molecule has 1 aliphatic heterocycles. The number of anilines is 1. The topological polar surface area (TPSA) is 58.6 Å². The Morgan fingerprint density at radius 3 is 2.52 bits per heavy atom. The normalized spacial score (nSPS) is 13.2. The Morgan fingerprint density at radius 1 is 1.12 bits per heavy atom. The molecule has 130 valence electrons. The van der Waals surface area contributed by atoms with Crippen LogP contribution in [0.2, 0.25) is 0 Å². The Bertz CT molecular complexity index is 819. The number of benzene rings is 2. The van der Waals surface area contributed by atoms with Gasteiger partial charge < -0.3 is 15.0 Å². The summed E-state index contributed by atoms with van der Waals surface area (Å²) in [6.07, 6.45) is 0.245. The first kappa shape index (κ1) is 16.9. The highest BCUT2D eigenvalue weighted by atomic mass is 19.1. The second kappa shape index (κ2) is 6.88. The third-order valence-electron chi connectivity index (χ3n) is 4.10. The van der Waals surface area contributed by atoms with Crippen molar-refractivity contribution in [3.63, 3.8) is 0 Å². The lowest BCUT2D eigenvalue weighted by molar-refractivity contribution is 0.101. The van der Waals surface area contributed by atoms with Crippen LogP contribution in [0.5, 0.6) is 0 Å². The van der Waals surface area contributed by atoms with E-state index in [2.05, 4.69) is 5.32 Å². The predicted molar refractivity (Wildman–Crippen MR) is 87.3 cm³/mol. The van der Waals surface area contributed by atoms with E-state index in [4.69, 9.17) is 4.74 Å². The smallest absolute Gasteiger partial charge is 0.409 e. The standard InChI is InChI=1S/C18H16F2N2O3/c1-25-18(24)22-8-7-11-5-6-13(9-12(11)10-22)21-17(23)16-14(19)3-2-4-15(16)20/h2-6,9H,7-8,10H2,1H3,(H,21,23). The number of ether oxygens (including phenoxy) is 1. The minimum Gasteiger partial charge on any atom is -0.453 e. The summed E-state index contributed by atoms with van der Waals surface area (Å²) in [6.45, 7) is 0.894. The molecule has 3 rings (SSSR count). The highest BCUT2D eigenvalue weighted by Gasteiger charge is 2.22. The molecular weight excluding hydrogens is 330 g/mol. The first-order valence-corrected chi connectivity index (χ1v) is 7.69. The van der Waals surface area contributed by atoms with Gasteiger partial charge in [-0.2, -0.15) is 0 Å². The van der Waals surface area contributed by atoms with Gasteiger partial charge in [0.2, 0.25) is 0 Å². The number of halogens is 2. The van der Waals surface area contributed by atoms with Crippen molar-refractivity contribution in [1.29, 1.82) is 0 Å². The van der Waals surface area contributed by atoms with Gasteiger partial charge in [0, 0.05) is 18.8 Å². The zero-order chi connectivity index (χ0) is 18.0. The quantitative estimate of drug-likeness (QED) is 0.907. The lowest BCUT2D eigenvalue weighted by Crippen LogP contribution is -2.35. The summed E-state index contributed by atoms with van der Waals surface area (Å²) in [7, 11) is 1.32. The Kier molecular flexibility index (Phi) is 4.65. The van der Waals surface area contributed by atoms with Crippen molar-refractivity contribution in [3.05, 3.63) is 64.7 Å². The molecule has 25 heavy (non-hydrogen) atoms. The van der Waals surface area contributed by atoms with Crippen molar-refractivity contribution in [1.82, 2.24) is 4.90 Å². The molecule has 1 aliphatic rings. The maximum Gasteiger partial charge on any atom is 0.409 e. The average Bonchev–Trinajstić information content (AvgIpc) is 2.60. The van der Waals surface area contributed by atoms with E-state index in [0.717, 1.165) is 23.3 Å². The zero-order valence-electron chi connectivity index (χ0n) is 13.5. The van der Waals surface area contributed by atoms with E-state index >= 15 is 0 Å². The third-order valence-corrected chi connectivity index (χ3v) is 4.10. The van der Waals surface area contributed by atoms with Gasteiger partial charge in [0.05, 0.1) is 7.11 Å². The summed E-state index contributed by atoms with van der Waals surface area (Å²) in [4.78, 5) is 25.4. The lowest BCUT2D eigenvalue weighted by atomic mass is 9.99. The predicted octanol–water partition coefficient (Wildman–Crippen LogP) is 3.34. The molecule has 1 heterocycles. The molecule has 2 amide bonds. The van der Waals surface area contributed by atoms with E-state index in [1.165, 1.54) is 13.2 Å². The number of carbonyl (C=O) groups excluding carboxylic acids is 2. The van der Waals surface area contributed by atoms with E-state index in [1.807, 2.05) is 6.07 Å². The molecule has 5 nitrogen and oxygen atoms in total. The minimum atomic E-state index is -0.924. The van der Waals surface area contributed by atoms with Gasteiger partial charge in [-0.05, 0) is 41.8 Å². The molecule has 0 aromatic heterocycles. The largest absolute Gasteiger partial charge is 0.453 e. The maximum absolute atomic E-state index is 13.7. The van der Waals surface area contributed by atoms with Gasteiger partial charge in [-0.25, -0.2) is 13.6 Å². The zero-order valence-corrected chi connectivity index (χ0v) is 13.5. The van der Waals surface area contributed by atoms with Crippen molar-refractivity contribution >= 4 is 17.7 Å². The van der Waals surface area contributed by atoms with Crippen molar-refractivity contribution in [3.8, 4) is 0 Å². The summed E-state index contributed by atoms with van der Waals surface area (Å²) in [5, 5.41) is 2.49. The number of hydrogen-bond donors (Lipinski definition) is 1. The molecule has 0 aliphatic carbocycles. The molecule has 1 N–H and O–H groups in total. The Morgan fingerprint density at radius 2 is 1.84 bits per heavy atom. The maximum atomic E-state index is 13.7. The van der Waals surface area contributed by atoms with Crippen LogP contribution < -0.4 is 5.32 Å². The molecule has 2 aromatic rings. The molecule has 0 saturated heterocycles. The van der Waals surface area contributed by atoms with E-state index in [-0.39, 0.29) is 0 Å². The number of nitrogens with zero attached hydrogens (tertiary/aromatic N) is 1. The van der Waals surface area contributed by atoms with Gasteiger partial charge in [0.15, 0.2) is 0 Å². The Hall–Kier alpha value is -2.96. The fraction of sp³-hybridized carbons (Fsp3) is 0.222. The van der Waals surface area contributed by atoms with Gasteiger partial charge in [0.25, 0.3) is 5.91 Å². The molecule has 0 bridgehead atoms. The summed E-state index contributed by atoms with van der Waals surface area (Å²) in [5.74, 6) is -2.71. The fourth-order valence-corrected chi connectivity index (χ4v) is 2.83. The molecule has 0 saturated carbocycles. The second-order valence-corrected chi connectivity index (χ2v) is 5.68. The number of rotatable bonds is 2. The second-order valence-electron chi connectivity index (χ2n) is 5.68. The minimum absolute atomic E-state index is 0.347. The van der Waals surface area contributed by atoms with Crippen LogP contribution in [0.25, 0.3) is 0 Å². The first-order valence-electron chi connectivity index (χ1n) is 7.69. The number of methoxy groups -OCH3 is 1. The number of carbonyl (C=O) groups is 2. The molecule has 0 radical (unpaired) electrons. The third kappa shape index (κ3) is 3.45. The van der Waals surface area contributed by atoms with Crippen LogP contribution in [0, 0.1) is 11.6 Å². The van der Waals surface area contributed by atoms with Gasteiger partial charge in [-0.3, -0.25) is 4.79 Å². The molecule has 0 atom stereocenters. The molecule has 7 heteroatoms. The summed E-state index contributed by atoms with van der Waals surface area (Å²) >= 11 is 0.